The largest absolute Gasteiger partial charge is 0.455 e. The van der Waals surface area contributed by atoms with E-state index in [0.29, 0.717) is 27.9 Å². The second kappa shape index (κ2) is 8.98. The van der Waals surface area contributed by atoms with E-state index in [1.54, 1.807) is 30.3 Å². The normalized spacial score (nSPS) is 11.0. The Hall–Kier alpha value is -3.03. The summed E-state index contributed by atoms with van der Waals surface area (Å²) in [7, 11) is -3.35. The standard InChI is InChI=1S/C21H19ClN2O4S/c1-29(26,27)18-9-5-6-16(13-18)24-21(25)14-23-19-12-15(22)10-11-20(19)28-17-7-3-2-4-8-17/h2-13,23H,14H2,1H3,(H,24,25). The van der Waals surface area contributed by atoms with Crippen molar-refractivity contribution in [1.82, 2.24) is 0 Å². The summed E-state index contributed by atoms with van der Waals surface area (Å²) in [6.45, 7) is -0.0609. The molecule has 0 heterocycles. The zero-order valence-electron chi connectivity index (χ0n) is 15.6. The van der Waals surface area contributed by atoms with Crippen LogP contribution in [0.3, 0.4) is 0 Å². The fourth-order valence-corrected chi connectivity index (χ4v) is 3.37. The number of nitrogens with one attached hydrogen (secondary N) is 2. The fourth-order valence-electron chi connectivity index (χ4n) is 2.53. The number of halogens is 1. The third-order valence-corrected chi connectivity index (χ3v) is 5.24. The van der Waals surface area contributed by atoms with Crippen LogP contribution in [0.1, 0.15) is 0 Å². The van der Waals surface area contributed by atoms with Crippen LogP contribution in [-0.4, -0.2) is 27.1 Å². The van der Waals surface area contributed by atoms with Crippen molar-refractivity contribution in [2.45, 2.75) is 4.90 Å². The average Bonchev–Trinajstić information content (AvgIpc) is 2.68. The van der Waals surface area contributed by atoms with Crippen LogP contribution in [0.15, 0.2) is 77.7 Å². The van der Waals surface area contributed by atoms with Crippen LogP contribution in [0.25, 0.3) is 0 Å². The number of carbonyl (C=O) groups is 1. The summed E-state index contributed by atoms with van der Waals surface area (Å²) in [6.07, 6.45) is 1.11. The van der Waals surface area contributed by atoms with E-state index in [1.165, 1.54) is 12.1 Å². The highest BCUT2D eigenvalue weighted by atomic mass is 35.5. The molecule has 29 heavy (non-hydrogen) atoms. The second-order valence-corrected chi connectivity index (χ2v) is 8.71. The number of carbonyl (C=O) groups excluding carboxylic acids is 1. The van der Waals surface area contributed by atoms with Crippen molar-refractivity contribution in [3.05, 3.63) is 77.8 Å². The molecule has 0 unspecified atom stereocenters. The topological polar surface area (TPSA) is 84.5 Å². The molecule has 2 N–H and O–H groups in total. The van der Waals surface area contributed by atoms with Crippen molar-refractivity contribution in [2.75, 3.05) is 23.4 Å². The van der Waals surface area contributed by atoms with Crippen molar-refractivity contribution < 1.29 is 17.9 Å². The maximum atomic E-state index is 12.3. The minimum absolute atomic E-state index is 0.0609. The lowest BCUT2D eigenvalue weighted by Gasteiger charge is -2.14. The molecule has 0 radical (unpaired) electrons. The van der Waals surface area contributed by atoms with Crippen molar-refractivity contribution >= 4 is 38.7 Å². The lowest BCUT2D eigenvalue weighted by atomic mass is 10.2. The summed E-state index contributed by atoms with van der Waals surface area (Å²) in [4.78, 5) is 12.4. The van der Waals surface area contributed by atoms with Gasteiger partial charge in [-0.2, -0.15) is 0 Å². The third kappa shape index (κ3) is 5.97. The Morgan fingerprint density at radius 3 is 2.48 bits per heavy atom. The number of para-hydroxylation sites is 1. The zero-order valence-corrected chi connectivity index (χ0v) is 17.1. The molecule has 0 aliphatic heterocycles. The van der Waals surface area contributed by atoms with Gasteiger partial charge in [0.15, 0.2) is 15.6 Å². The van der Waals surface area contributed by atoms with Gasteiger partial charge in [0, 0.05) is 17.0 Å². The van der Waals surface area contributed by atoms with Gasteiger partial charge in [-0.3, -0.25) is 4.79 Å². The maximum absolute atomic E-state index is 12.3. The number of benzene rings is 3. The predicted octanol–water partition coefficient (Wildman–Crippen LogP) is 4.59. The summed E-state index contributed by atoms with van der Waals surface area (Å²) in [5.41, 5.74) is 0.952. The first-order valence-corrected chi connectivity index (χ1v) is 10.9. The summed E-state index contributed by atoms with van der Waals surface area (Å²) in [6, 6.07) is 20.4. The van der Waals surface area contributed by atoms with Gasteiger partial charge in [-0.1, -0.05) is 35.9 Å². The minimum atomic E-state index is -3.35. The minimum Gasteiger partial charge on any atom is -0.455 e. The Bertz CT molecular complexity index is 1120. The second-order valence-electron chi connectivity index (χ2n) is 6.26. The molecule has 0 spiro atoms. The Labute approximate surface area is 174 Å². The van der Waals surface area contributed by atoms with Gasteiger partial charge >= 0.3 is 0 Å². The molecule has 0 saturated carbocycles. The van der Waals surface area contributed by atoms with E-state index in [9.17, 15) is 13.2 Å². The molecule has 0 atom stereocenters. The Morgan fingerprint density at radius 1 is 1.00 bits per heavy atom. The molecule has 8 heteroatoms. The van der Waals surface area contributed by atoms with Gasteiger partial charge in [0.05, 0.1) is 17.1 Å². The zero-order chi connectivity index (χ0) is 20.9. The van der Waals surface area contributed by atoms with Crippen LogP contribution in [0.2, 0.25) is 5.02 Å². The SMILES string of the molecule is CS(=O)(=O)c1cccc(NC(=O)CNc2cc(Cl)ccc2Oc2ccccc2)c1. The monoisotopic (exact) mass is 430 g/mol. The Kier molecular flexibility index (Phi) is 6.41. The summed E-state index contributed by atoms with van der Waals surface area (Å²) < 4.78 is 29.1. The van der Waals surface area contributed by atoms with Crippen molar-refractivity contribution in [3.8, 4) is 11.5 Å². The third-order valence-electron chi connectivity index (χ3n) is 3.90. The van der Waals surface area contributed by atoms with Crippen LogP contribution in [0, 0.1) is 0 Å². The highest BCUT2D eigenvalue weighted by Crippen LogP contribution is 2.31. The predicted molar refractivity (Wildman–Crippen MR) is 115 cm³/mol. The van der Waals surface area contributed by atoms with Gasteiger partial charge < -0.3 is 15.4 Å². The molecule has 3 aromatic rings. The first-order chi connectivity index (χ1) is 13.8. The highest BCUT2D eigenvalue weighted by Gasteiger charge is 2.11. The molecule has 0 saturated heterocycles. The van der Waals surface area contributed by atoms with Crippen molar-refractivity contribution in [3.63, 3.8) is 0 Å². The number of sulfone groups is 1. The van der Waals surface area contributed by atoms with Crippen molar-refractivity contribution in [2.24, 2.45) is 0 Å². The molecule has 6 nitrogen and oxygen atoms in total. The number of ether oxygens (including phenoxy) is 1. The van der Waals surface area contributed by atoms with Gasteiger partial charge in [-0.25, -0.2) is 8.42 Å². The number of amides is 1. The molecule has 3 rings (SSSR count). The number of anilines is 2. The van der Waals surface area contributed by atoms with E-state index in [2.05, 4.69) is 10.6 Å². The van der Waals surface area contributed by atoms with E-state index >= 15 is 0 Å². The highest BCUT2D eigenvalue weighted by molar-refractivity contribution is 7.90. The van der Waals surface area contributed by atoms with Crippen LogP contribution in [0.5, 0.6) is 11.5 Å². The molecule has 1 amide bonds. The van der Waals surface area contributed by atoms with Gasteiger partial charge in [0.2, 0.25) is 5.91 Å². The molecular weight excluding hydrogens is 412 g/mol. The first kappa shape index (κ1) is 20.7. The van der Waals surface area contributed by atoms with Gasteiger partial charge in [0.25, 0.3) is 0 Å². The summed E-state index contributed by atoms with van der Waals surface area (Å²) in [5, 5.41) is 6.16. The molecule has 0 aliphatic rings. The van der Waals surface area contributed by atoms with E-state index in [1.807, 2.05) is 30.3 Å². The lowest BCUT2D eigenvalue weighted by molar-refractivity contribution is -0.114. The molecular formula is C21H19ClN2O4S. The number of hydrogen-bond donors (Lipinski definition) is 2. The summed E-state index contributed by atoms with van der Waals surface area (Å²) >= 11 is 6.07. The quantitative estimate of drug-likeness (QED) is 0.572. The molecule has 0 aliphatic carbocycles. The fraction of sp³-hybridized carbons (Fsp3) is 0.0952. The summed E-state index contributed by atoms with van der Waals surface area (Å²) in [5.74, 6) is 0.827. The van der Waals surface area contributed by atoms with Crippen LogP contribution >= 0.6 is 11.6 Å². The molecule has 0 bridgehead atoms. The van der Waals surface area contributed by atoms with Crippen LogP contribution in [-0.2, 0) is 14.6 Å². The van der Waals surface area contributed by atoms with Crippen LogP contribution in [0.4, 0.5) is 11.4 Å². The lowest BCUT2D eigenvalue weighted by Crippen LogP contribution is -2.22. The van der Waals surface area contributed by atoms with E-state index < -0.39 is 9.84 Å². The molecule has 150 valence electrons. The number of rotatable bonds is 7. The molecule has 0 fully saturated rings. The van der Waals surface area contributed by atoms with Gasteiger partial charge in [-0.05, 0) is 48.5 Å². The number of hydrogen-bond acceptors (Lipinski definition) is 5. The molecule has 3 aromatic carbocycles. The van der Waals surface area contributed by atoms with Gasteiger partial charge in [0.1, 0.15) is 5.75 Å². The van der Waals surface area contributed by atoms with E-state index in [4.69, 9.17) is 16.3 Å². The van der Waals surface area contributed by atoms with Crippen LogP contribution < -0.4 is 15.4 Å². The van der Waals surface area contributed by atoms with E-state index in [0.717, 1.165) is 6.26 Å². The van der Waals surface area contributed by atoms with E-state index in [-0.39, 0.29) is 17.3 Å². The maximum Gasteiger partial charge on any atom is 0.243 e. The van der Waals surface area contributed by atoms with Crippen molar-refractivity contribution in [1.29, 1.82) is 0 Å². The van der Waals surface area contributed by atoms with Gasteiger partial charge in [-0.15, -0.1) is 0 Å². The Morgan fingerprint density at radius 2 is 1.76 bits per heavy atom. The molecule has 0 aromatic heterocycles. The average molecular weight is 431 g/mol. The first-order valence-electron chi connectivity index (χ1n) is 8.67. The smallest absolute Gasteiger partial charge is 0.243 e. The Balaban J connectivity index is 1.68.